The van der Waals surface area contributed by atoms with E-state index in [9.17, 15) is 0 Å². The van der Waals surface area contributed by atoms with Crippen molar-refractivity contribution in [1.82, 2.24) is 34.3 Å². The molecule has 7 rings (SSSR count). The quantitative estimate of drug-likeness (QED) is 0.0519. The molecule has 0 aromatic carbocycles. The number of nitrogens with zero attached hydrogens (tertiary/aromatic N) is 7. The normalized spacial score (nSPS) is 20.7. The highest BCUT2D eigenvalue weighted by Crippen LogP contribution is 2.24. The first-order valence-corrected chi connectivity index (χ1v) is 48.6. The van der Waals surface area contributed by atoms with E-state index in [4.69, 9.17) is 94.7 Å². The van der Waals surface area contributed by atoms with Gasteiger partial charge in [0.1, 0.15) is 0 Å². The van der Waals surface area contributed by atoms with Gasteiger partial charge in [-0.15, -0.1) is 0 Å². The highest BCUT2D eigenvalue weighted by atomic mass is 16.6. The lowest BCUT2D eigenvalue weighted by atomic mass is 10.1. The SMILES string of the molecule is CCOCCOCCOC1CCN(CC(C)C)CC1.CCOCCOCCOC1CCN(CC(C)C)CC1.CCOCCOCCOC1CCN(CC(C)C)CC1.CC[C@@H]1C[C@@H](OCCOC)CN1C.CC[C@@H]1C[C@@H](OCCOCCOC)CN1C.COCCOCCOC1CCN(CC(C)C)CC1.COCCOCCOC1CCN(CC(C)C)CC1. The molecule has 0 amide bonds. The van der Waals surface area contributed by atoms with Crippen LogP contribution in [0.3, 0.4) is 0 Å². The number of likely N-dealkylation sites (N-methyl/N-ethyl adjacent to an activating group) is 2. The zero-order valence-electron chi connectivity index (χ0n) is 82.8. The van der Waals surface area contributed by atoms with Gasteiger partial charge in [-0.25, -0.2) is 0 Å². The number of rotatable bonds is 61. The monoisotopic (exact) mass is 1760 g/mol. The summed E-state index contributed by atoms with van der Waals surface area (Å²) in [7, 11) is 11.1. The van der Waals surface area contributed by atoms with Gasteiger partial charge in [0.05, 0.1) is 215 Å². The standard InChI is InChI=1S/3C15H31NO3.2C14H29NO3.C12H25NO3.C10H21NO2/c3*1-4-17-9-10-18-11-12-19-15-5-7-16(8-6-15)13-14(2)3;2*1-13(2)12-15-6-4-14(5-7-15)18-11-10-17-9-8-16-3;1-4-11-9-12(10-13(11)2)16-8-7-15-6-5-14-3;1-4-9-7-10(8-11(9)2)13-6-5-12-3/h3*14-15H,4-13H2,1-3H3;2*13-14H,4-12H2,1-3H3;11-12H,4-10H2,1-3H3;9-10H,4-8H2,1-3H3/t;;;;;11-,12-;9-,10-/m.....11/s1. The summed E-state index contributed by atoms with van der Waals surface area (Å²) in [5.41, 5.74) is 0. The van der Waals surface area contributed by atoms with Crippen molar-refractivity contribution in [2.75, 3.05) is 345 Å². The van der Waals surface area contributed by atoms with Crippen LogP contribution in [0.4, 0.5) is 0 Å². The second kappa shape index (κ2) is 84.2. The van der Waals surface area contributed by atoms with E-state index < -0.39 is 0 Å². The molecule has 0 N–H and O–H groups in total. The van der Waals surface area contributed by atoms with E-state index in [1.165, 1.54) is 117 Å². The Balaban J connectivity index is 0.000000714. The van der Waals surface area contributed by atoms with Crippen LogP contribution in [0.5, 0.6) is 0 Å². The van der Waals surface area contributed by atoms with Crippen LogP contribution in [0.2, 0.25) is 0 Å². The first kappa shape index (κ1) is 119. The summed E-state index contributed by atoms with van der Waals surface area (Å²) in [6.07, 6.45) is 19.3. The lowest BCUT2D eigenvalue weighted by Crippen LogP contribution is -2.39. The average Bonchev–Trinajstić information content (AvgIpc) is 1.73. The number of hydrogen-bond acceptors (Lipinski definition) is 27. The van der Waals surface area contributed by atoms with Crippen LogP contribution in [-0.4, -0.2) is 435 Å². The highest BCUT2D eigenvalue weighted by Gasteiger charge is 2.31. The van der Waals surface area contributed by atoms with Gasteiger partial charge in [0, 0.05) is 172 Å². The van der Waals surface area contributed by atoms with Crippen molar-refractivity contribution in [2.45, 2.75) is 249 Å². The Morgan fingerprint density at radius 3 is 0.557 bits per heavy atom. The largest absolute Gasteiger partial charge is 0.382 e. The van der Waals surface area contributed by atoms with E-state index in [0.29, 0.717) is 220 Å². The van der Waals surface area contributed by atoms with Crippen LogP contribution in [0.1, 0.15) is 194 Å². The van der Waals surface area contributed by atoms with Crippen molar-refractivity contribution in [3.63, 3.8) is 0 Å². The molecule has 7 aliphatic rings. The maximum Gasteiger partial charge on any atom is 0.0718 e. The molecule has 0 spiro atoms. The van der Waals surface area contributed by atoms with Crippen molar-refractivity contribution in [3.05, 3.63) is 0 Å². The molecule has 0 saturated carbocycles. The molecule has 7 aliphatic heterocycles. The van der Waals surface area contributed by atoms with E-state index >= 15 is 0 Å². The van der Waals surface area contributed by atoms with Crippen LogP contribution in [-0.2, 0) is 94.7 Å². The predicted molar refractivity (Wildman–Crippen MR) is 495 cm³/mol. The summed E-state index contributed by atoms with van der Waals surface area (Å²) in [6.45, 7) is 73.2. The lowest BCUT2D eigenvalue weighted by Gasteiger charge is -2.32. The van der Waals surface area contributed by atoms with Crippen molar-refractivity contribution in [1.29, 1.82) is 0 Å². The Labute approximate surface area is 749 Å². The van der Waals surface area contributed by atoms with E-state index in [1.807, 2.05) is 20.8 Å². The Bertz CT molecular complexity index is 1970. The lowest BCUT2D eigenvalue weighted by molar-refractivity contribution is -0.0314. The molecule has 7 saturated heterocycles. The van der Waals surface area contributed by atoms with E-state index in [0.717, 1.165) is 140 Å². The van der Waals surface area contributed by atoms with Gasteiger partial charge in [0.15, 0.2) is 0 Å². The minimum Gasteiger partial charge on any atom is -0.382 e. The van der Waals surface area contributed by atoms with Gasteiger partial charge >= 0.3 is 0 Å². The fourth-order valence-corrected chi connectivity index (χ4v) is 15.9. The predicted octanol–water partition coefficient (Wildman–Crippen LogP) is 12.4. The third-order valence-corrected chi connectivity index (χ3v) is 22.2. The Kier molecular flexibility index (Phi) is 82.1. The number of methoxy groups -OCH3 is 4. The first-order valence-electron chi connectivity index (χ1n) is 48.6. The van der Waals surface area contributed by atoms with Crippen molar-refractivity contribution >= 4 is 0 Å². The molecule has 0 bridgehead atoms. The smallest absolute Gasteiger partial charge is 0.0718 e. The van der Waals surface area contributed by atoms with E-state index in [-0.39, 0.29) is 0 Å². The number of piperidine rings is 5. The summed E-state index contributed by atoms with van der Waals surface area (Å²) in [5, 5.41) is 0. The van der Waals surface area contributed by atoms with Gasteiger partial charge in [0.2, 0.25) is 0 Å². The Hall–Kier alpha value is -1.08. The Morgan fingerprint density at radius 2 is 0.385 bits per heavy atom. The van der Waals surface area contributed by atoms with Crippen LogP contribution < -0.4 is 0 Å². The minimum atomic E-state index is 0.390. The van der Waals surface area contributed by atoms with Crippen LogP contribution in [0.25, 0.3) is 0 Å². The molecule has 7 heterocycles. The van der Waals surface area contributed by atoms with Gasteiger partial charge in [-0.3, -0.25) is 0 Å². The molecule has 27 heteroatoms. The maximum absolute atomic E-state index is 5.85. The molecular formula is C95H197N7O20. The summed E-state index contributed by atoms with van der Waals surface area (Å²) in [5.74, 6) is 3.80. The van der Waals surface area contributed by atoms with Crippen LogP contribution >= 0.6 is 0 Å². The molecule has 732 valence electrons. The highest BCUT2D eigenvalue weighted by molar-refractivity contribution is 4.85. The third kappa shape index (κ3) is 70.7. The maximum atomic E-state index is 5.85. The first-order chi connectivity index (χ1) is 59.1. The molecule has 7 fully saturated rings. The molecule has 4 atom stereocenters. The summed E-state index contributed by atoms with van der Waals surface area (Å²) in [4.78, 5) is 17.5. The fourth-order valence-electron chi connectivity index (χ4n) is 15.9. The van der Waals surface area contributed by atoms with Crippen molar-refractivity contribution < 1.29 is 94.7 Å². The van der Waals surface area contributed by atoms with Crippen LogP contribution in [0, 0.1) is 29.6 Å². The zero-order chi connectivity index (χ0) is 89.7. The number of likely N-dealkylation sites (tertiary alicyclic amines) is 7. The average molecular weight is 1760 g/mol. The summed E-state index contributed by atoms with van der Waals surface area (Å²) < 4.78 is 108. The minimum absolute atomic E-state index is 0.390. The van der Waals surface area contributed by atoms with Gasteiger partial charge in [0.25, 0.3) is 0 Å². The molecule has 0 aromatic rings. The van der Waals surface area contributed by atoms with Gasteiger partial charge < -0.3 is 129 Å². The number of ether oxygens (including phenoxy) is 20. The molecule has 0 aliphatic carbocycles. The molecule has 0 aromatic heterocycles. The summed E-state index contributed by atoms with van der Waals surface area (Å²) in [6, 6.07) is 1.41. The molecule has 0 unspecified atom stereocenters. The van der Waals surface area contributed by atoms with Crippen molar-refractivity contribution in [2.24, 2.45) is 29.6 Å². The van der Waals surface area contributed by atoms with E-state index in [1.54, 1.807) is 28.4 Å². The molecule has 0 radical (unpaired) electrons. The van der Waals surface area contributed by atoms with Gasteiger partial charge in [-0.2, -0.15) is 0 Å². The van der Waals surface area contributed by atoms with Gasteiger partial charge in [-0.05, 0) is 154 Å². The molecule has 122 heavy (non-hydrogen) atoms. The summed E-state index contributed by atoms with van der Waals surface area (Å²) >= 11 is 0. The second-order valence-corrected chi connectivity index (χ2v) is 35.5. The zero-order valence-corrected chi connectivity index (χ0v) is 82.8. The van der Waals surface area contributed by atoms with E-state index in [2.05, 4.69) is 131 Å². The Morgan fingerprint density at radius 1 is 0.221 bits per heavy atom. The van der Waals surface area contributed by atoms with Crippen molar-refractivity contribution in [3.8, 4) is 0 Å². The third-order valence-electron chi connectivity index (χ3n) is 22.2. The molecule has 27 nitrogen and oxygen atoms in total. The fraction of sp³-hybridized carbons (Fsp3) is 1.00. The van der Waals surface area contributed by atoms with Crippen LogP contribution in [0.15, 0.2) is 0 Å². The second-order valence-electron chi connectivity index (χ2n) is 35.5. The topological polar surface area (TPSA) is 207 Å². The number of hydrogen-bond donors (Lipinski definition) is 0. The van der Waals surface area contributed by atoms with Gasteiger partial charge in [-0.1, -0.05) is 83.1 Å². The molecular weight excluding hydrogens is 1560 g/mol.